The number of amides is 1. The Hall–Kier alpha value is -3.51. The number of aliphatic hydroxyl groups is 1. The second-order valence-corrected chi connectivity index (χ2v) is 7.12. The molecule has 1 saturated heterocycles. The number of ketones is 1. The summed E-state index contributed by atoms with van der Waals surface area (Å²) in [7, 11) is 0. The van der Waals surface area contributed by atoms with Crippen LogP contribution in [-0.4, -0.2) is 16.8 Å². The van der Waals surface area contributed by atoms with Crippen molar-refractivity contribution in [1.29, 1.82) is 0 Å². The predicted molar refractivity (Wildman–Crippen MR) is 109 cm³/mol. The number of halogens is 3. The first-order chi connectivity index (χ1) is 14.4. The molecule has 1 heterocycles. The molecular weight excluding hydrogens is 412 g/mol. The van der Waals surface area contributed by atoms with E-state index in [1.54, 1.807) is 30.3 Å². The summed E-state index contributed by atoms with van der Waals surface area (Å²) >= 11 is 5.88. The molecule has 7 heteroatoms. The van der Waals surface area contributed by atoms with Crippen LogP contribution in [0, 0.1) is 11.6 Å². The normalized spacial score (nSPS) is 18.1. The minimum Gasteiger partial charge on any atom is -0.507 e. The minimum atomic E-state index is -1.14. The van der Waals surface area contributed by atoms with Crippen LogP contribution in [0.2, 0.25) is 5.02 Å². The van der Waals surface area contributed by atoms with Gasteiger partial charge in [-0.2, -0.15) is 0 Å². The van der Waals surface area contributed by atoms with Crippen molar-refractivity contribution < 1.29 is 23.5 Å². The van der Waals surface area contributed by atoms with Gasteiger partial charge in [0.25, 0.3) is 11.7 Å². The number of carbonyl (C=O) groups excluding carboxylic acids is 2. The summed E-state index contributed by atoms with van der Waals surface area (Å²) in [5.74, 6) is -4.13. The topological polar surface area (TPSA) is 57.6 Å². The van der Waals surface area contributed by atoms with Crippen LogP contribution < -0.4 is 4.90 Å². The second-order valence-electron chi connectivity index (χ2n) is 6.68. The molecule has 3 aromatic rings. The van der Waals surface area contributed by atoms with E-state index >= 15 is 0 Å². The minimum absolute atomic E-state index is 0.225. The van der Waals surface area contributed by atoms with E-state index in [-0.39, 0.29) is 16.8 Å². The standard InChI is InChI=1S/C23H14ClF2NO3/c24-15-8-6-14(7-9-15)21(28)19-20(13-4-2-1-3-5-13)27(23(30)22(19)29)18-12-16(25)10-11-17(18)26/h1-12,20,28H/b21-19+. The fourth-order valence-corrected chi connectivity index (χ4v) is 3.59. The van der Waals surface area contributed by atoms with E-state index in [9.17, 15) is 23.5 Å². The third-order valence-corrected chi connectivity index (χ3v) is 5.10. The summed E-state index contributed by atoms with van der Waals surface area (Å²) in [5.41, 5.74) is 0.104. The Morgan fingerprint density at radius 3 is 2.27 bits per heavy atom. The molecule has 4 nitrogen and oxygen atoms in total. The van der Waals surface area contributed by atoms with Gasteiger partial charge in [-0.25, -0.2) is 8.78 Å². The van der Waals surface area contributed by atoms with Crippen LogP contribution in [-0.2, 0) is 9.59 Å². The lowest BCUT2D eigenvalue weighted by Crippen LogP contribution is -2.30. The quantitative estimate of drug-likeness (QED) is 0.354. The van der Waals surface area contributed by atoms with Crippen LogP contribution in [0.15, 0.2) is 78.4 Å². The number of carbonyl (C=O) groups is 2. The molecule has 1 amide bonds. The van der Waals surface area contributed by atoms with Crippen LogP contribution >= 0.6 is 11.6 Å². The average Bonchev–Trinajstić information content (AvgIpc) is 3.01. The summed E-state index contributed by atoms with van der Waals surface area (Å²) in [4.78, 5) is 26.6. The zero-order valence-corrected chi connectivity index (χ0v) is 16.1. The van der Waals surface area contributed by atoms with E-state index in [4.69, 9.17) is 11.6 Å². The molecule has 0 spiro atoms. The lowest BCUT2D eigenvalue weighted by Gasteiger charge is -2.25. The van der Waals surface area contributed by atoms with Crippen molar-refractivity contribution >= 4 is 34.7 Å². The summed E-state index contributed by atoms with van der Waals surface area (Å²) in [5, 5.41) is 11.3. The van der Waals surface area contributed by atoms with Gasteiger partial charge in [0.15, 0.2) is 0 Å². The number of anilines is 1. The van der Waals surface area contributed by atoms with E-state index in [1.807, 2.05) is 0 Å². The molecule has 0 aromatic heterocycles. The number of benzene rings is 3. The van der Waals surface area contributed by atoms with Crippen LogP contribution in [0.25, 0.3) is 5.76 Å². The fourth-order valence-electron chi connectivity index (χ4n) is 3.47. The van der Waals surface area contributed by atoms with Crippen LogP contribution in [0.5, 0.6) is 0 Å². The maximum atomic E-state index is 14.5. The van der Waals surface area contributed by atoms with Crippen molar-refractivity contribution in [3.63, 3.8) is 0 Å². The largest absolute Gasteiger partial charge is 0.507 e. The molecule has 1 unspecified atom stereocenters. The highest BCUT2D eigenvalue weighted by molar-refractivity contribution is 6.51. The Kier molecular flexibility index (Phi) is 5.10. The van der Waals surface area contributed by atoms with Crippen molar-refractivity contribution in [2.24, 2.45) is 0 Å². The Balaban J connectivity index is 1.97. The van der Waals surface area contributed by atoms with Crippen molar-refractivity contribution in [2.75, 3.05) is 4.90 Å². The number of rotatable bonds is 3. The summed E-state index contributed by atoms with van der Waals surface area (Å²) in [6.07, 6.45) is 0. The first-order valence-corrected chi connectivity index (χ1v) is 9.33. The van der Waals surface area contributed by atoms with Gasteiger partial charge in [-0.15, -0.1) is 0 Å². The summed E-state index contributed by atoms with van der Waals surface area (Å²) in [6, 6.07) is 15.9. The van der Waals surface area contributed by atoms with Crippen LogP contribution in [0.1, 0.15) is 17.2 Å². The smallest absolute Gasteiger partial charge is 0.300 e. The molecule has 0 saturated carbocycles. The van der Waals surface area contributed by atoms with Crippen LogP contribution in [0.3, 0.4) is 0 Å². The third-order valence-electron chi connectivity index (χ3n) is 4.85. The number of nitrogens with zero attached hydrogens (tertiary/aromatic N) is 1. The monoisotopic (exact) mass is 425 g/mol. The Labute approximate surface area is 175 Å². The molecule has 150 valence electrons. The van der Waals surface area contributed by atoms with Gasteiger partial charge >= 0.3 is 0 Å². The van der Waals surface area contributed by atoms with Gasteiger partial charge in [0.05, 0.1) is 17.3 Å². The predicted octanol–water partition coefficient (Wildman–Crippen LogP) is 5.24. The summed E-state index contributed by atoms with van der Waals surface area (Å²) < 4.78 is 28.4. The molecular formula is C23H14ClF2NO3. The fraction of sp³-hybridized carbons (Fsp3) is 0.0435. The van der Waals surface area contributed by atoms with Gasteiger partial charge in [-0.3, -0.25) is 14.5 Å². The number of hydrogen-bond acceptors (Lipinski definition) is 3. The maximum absolute atomic E-state index is 14.5. The molecule has 0 bridgehead atoms. The Morgan fingerprint density at radius 2 is 1.60 bits per heavy atom. The van der Waals surface area contributed by atoms with E-state index in [0.717, 1.165) is 23.1 Å². The van der Waals surface area contributed by atoms with Gasteiger partial charge in [0.2, 0.25) is 0 Å². The van der Waals surface area contributed by atoms with Crippen molar-refractivity contribution in [2.45, 2.75) is 6.04 Å². The van der Waals surface area contributed by atoms with Crippen molar-refractivity contribution in [1.82, 2.24) is 0 Å². The van der Waals surface area contributed by atoms with Gasteiger partial charge in [-0.05, 0) is 42.0 Å². The number of Topliss-reactive ketones (excluding diaryl/α,β-unsaturated/α-hetero) is 1. The zero-order chi connectivity index (χ0) is 21.4. The van der Waals surface area contributed by atoms with E-state index < -0.39 is 35.1 Å². The number of aliphatic hydroxyl groups excluding tert-OH is 1. The number of hydrogen-bond donors (Lipinski definition) is 1. The lowest BCUT2D eigenvalue weighted by molar-refractivity contribution is -0.132. The van der Waals surface area contributed by atoms with E-state index in [1.165, 1.54) is 24.3 Å². The molecule has 30 heavy (non-hydrogen) atoms. The molecule has 1 fully saturated rings. The lowest BCUT2D eigenvalue weighted by atomic mass is 9.95. The van der Waals surface area contributed by atoms with Gasteiger partial charge in [0.1, 0.15) is 17.4 Å². The molecule has 1 aliphatic rings. The van der Waals surface area contributed by atoms with Gasteiger partial charge < -0.3 is 5.11 Å². The molecule has 1 aliphatic heterocycles. The van der Waals surface area contributed by atoms with Gasteiger partial charge in [-0.1, -0.05) is 41.9 Å². The van der Waals surface area contributed by atoms with Crippen molar-refractivity contribution in [3.8, 4) is 0 Å². The van der Waals surface area contributed by atoms with Gasteiger partial charge in [0, 0.05) is 16.7 Å². The van der Waals surface area contributed by atoms with Crippen molar-refractivity contribution in [3.05, 3.63) is 106 Å². The third kappa shape index (κ3) is 3.35. The highest BCUT2D eigenvalue weighted by Crippen LogP contribution is 2.43. The first kappa shape index (κ1) is 19.8. The van der Waals surface area contributed by atoms with E-state index in [0.29, 0.717) is 10.6 Å². The highest BCUT2D eigenvalue weighted by atomic mass is 35.5. The Morgan fingerprint density at radius 1 is 0.933 bits per heavy atom. The molecule has 1 atom stereocenters. The van der Waals surface area contributed by atoms with Crippen LogP contribution in [0.4, 0.5) is 14.5 Å². The zero-order valence-electron chi connectivity index (χ0n) is 15.4. The SMILES string of the molecule is O=C1C(=O)N(c2cc(F)ccc2F)C(c2ccccc2)/C1=C(\O)c1ccc(Cl)cc1. The maximum Gasteiger partial charge on any atom is 0.300 e. The molecule has 1 N–H and O–H groups in total. The average molecular weight is 426 g/mol. The Bertz CT molecular complexity index is 1180. The summed E-state index contributed by atoms with van der Waals surface area (Å²) in [6.45, 7) is 0. The molecule has 4 rings (SSSR count). The molecule has 3 aromatic carbocycles. The highest BCUT2D eigenvalue weighted by Gasteiger charge is 2.47. The molecule has 0 aliphatic carbocycles. The first-order valence-electron chi connectivity index (χ1n) is 8.95. The molecule has 0 radical (unpaired) electrons. The van der Waals surface area contributed by atoms with E-state index in [2.05, 4.69) is 0 Å². The second kappa shape index (κ2) is 7.72.